The Morgan fingerprint density at radius 3 is 1.25 bits per heavy atom. The Bertz CT molecular complexity index is 151. The molecule has 0 radical (unpaired) electrons. The Labute approximate surface area is 158 Å². The first kappa shape index (κ1) is 23.5. The van der Waals surface area contributed by atoms with E-state index >= 15 is 0 Å². The second kappa shape index (κ2) is 18.3. The minimum atomic E-state index is 0. The van der Waals surface area contributed by atoms with Gasteiger partial charge in [0.1, 0.15) is 0 Å². The van der Waals surface area contributed by atoms with E-state index in [1.807, 2.05) is 0 Å². The van der Waals surface area contributed by atoms with Gasteiger partial charge >= 0.3 is 37.7 Å². The number of hydrogen-bond acceptors (Lipinski definition) is 1. The van der Waals surface area contributed by atoms with Gasteiger partial charge in [0, 0.05) is 13.2 Å². The van der Waals surface area contributed by atoms with E-state index in [9.17, 15) is 0 Å². The molecule has 2 heteroatoms. The third-order valence-corrected chi connectivity index (χ3v) is 3.64. The van der Waals surface area contributed by atoms with Crippen molar-refractivity contribution in [3.05, 3.63) is 0 Å². The summed E-state index contributed by atoms with van der Waals surface area (Å²) >= 11 is 0. The van der Waals surface area contributed by atoms with Gasteiger partial charge in [0.15, 0.2) is 0 Å². The summed E-state index contributed by atoms with van der Waals surface area (Å²) in [6, 6.07) is 0. The minimum absolute atomic E-state index is 0. The average molecular weight is 313 g/mol. The van der Waals surface area contributed by atoms with Crippen LogP contribution in [0.4, 0.5) is 0 Å². The average Bonchev–Trinajstić information content (AvgIpc) is 2.34. The van der Waals surface area contributed by atoms with Crippen molar-refractivity contribution in [1.29, 1.82) is 0 Å². The first-order valence-electron chi connectivity index (χ1n) is 8.70. The molecule has 0 saturated heterocycles. The van der Waals surface area contributed by atoms with Gasteiger partial charge in [-0.25, -0.2) is 0 Å². The Morgan fingerprint density at radius 1 is 0.550 bits per heavy atom. The van der Waals surface area contributed by atoms with E-state index in [0.717, 1.165) is 25.0 Å². The molecule has 0 saturated carbocycles. The molecule has 0 amide bonds. The Balaban J connectivity index is 0. The standard InChI is InChI=1S/C18H38O.Ca.2H/c1-17(2)13-9-5-7-11-15-19-16-12-8-6-10-14-18(3)4;;;/h17-18H,5-16H2,1-4H3;;;. The molecule has 0 spiro atoms. The van der Waals surface area contributed by atoms with Gasteiger partial charge < -0.3 is 4.74 Å². The zero-order valence-corrected chi connectivity index (χ0v) is 14.0. The predicted octanol–water partition coefficient (Wildman–Crippen LogP) is 5.30. The zero-order chi connectivity index (χ0) is 14.3. The Hall–Kier alpha value is 1.22. The van der Waals surface area contributed by atoms with Crippen LogP contribution in [0, 0.1) is 11.8 Å². The van der Waals surface area contributed by atoms with Crippen LogP contribution in [-0.4, -0.2) is 51.0 Å². The monoisotopic (exact) mass is 312 g/mol. The molecule has 0 fully saturated rings. The van der Waals surface area contributed by atoms with Gasteiger partial charge in [-0.3, -0.25) is 0 Å². The molecule has 20 heavy (non-hydrogen) atoms. The molecule has 0 unspecified atom stereocenters. The van der Waals surface area contributed by atoms with E-state index in [1.165, 1.54) is 64.2 Å². The van der Waals surface area contributed by atoms with Gasteiger partial charge in [0.25, 0.3) is 0 Å². The van der Waals surface area contributed by atoms with E-state index in [4.69, 9.17) is 4.74 Å². The number of hydrogen-bond donors (Lipinski definition) is 0. The summed E-state index contributed by atoms with van der Waals surface area (Å²) in [4.78, 5) is 0. The van der Waals surface area contributed by atoms with Gasteiger partial charge in [-0.2, -0.15) is 0 Å². The Kier molecular flexibility index (Phi) is 21.5. The van der Waals surface area contributed by atoms with Crippen molar-refractivity contribution in [3.63, 3.8) is 0 Å². The molecule has 0 rings (SSSR count). The van der Waals surface area contributed by atoms with E-state index in [0.29, 0.717) is 0 Å². The first-order valence-corrected chi connectivity index (χ1v) is 8.70. The van der Waals surface area contributed by atoms with E-state index in [-0.39, 0.29) is 37.7 Å². The van der Waals surface area contributed by atoms with Crippen molar-refractivity contribution in [2.75, 3.05) is 13.2 Å². The third-order valence-electron chi connectivity index (χ3n) is 3.64. The molecule has 0 aromatic rings. The molecule has 0 aliphatic rings. The van der Waals surface area contributed by atoms with Crippen molar-refractivity contribution in [2.24, 2.45) is 11.8 Å². The summed E-state index contributed by atoms with van der Waals surface area (Å²) in [7, 11) is 0. The van der Waals surface area contributed by atoms with E-state index < -0.39 is 0 Å². The number of unbranched alkanes of at least 4 members (excludes halogenated alkanes) is 6. The SMILES string of the molecule is CC(C)CCCCCCOCCCCCCC(C)C.[CaH2]. The maximum atomic E-state index is 5.69. The van der Waals surface area contributed by atoms with Gasteiger partial charge in [0.05, 0.1) is 0 Å². The fraction of sp³-hybridized carbons (Fsp3) is 1.00. The molecule has 0 heterocycles. The van der Waals surface area contributed by atoms with Gasteiger partial charge in [-0.15, -0.1) is 0 Å². The Morgan fingerprint density at radius 2 is 0.900 bits per heavy atom. The van der Waals surface area contributed by atoms with Crippen LogP contribution in [0.5, 0.6) is 0 Å². The normalized spacial score (nSPS) is 11.1. The predicted molar refractivity (Wildman–Crippen MR) is 95.2 cm³/mol. The van der Waals surface area contributed by atoms with E-state index in [2.05, 4.69) is 27.7 Å². The molecule has 0 atom stereocenters. The second-order valence-corrected chi connectivity index (χ2v) is 6.81. The summed E-state index contributed by atoms with van der Waals surface area (Å²) in [5.74, 6) is 1.74. The van der Waals surface area contributed by atoms with Crippen LogP contribution in [0.25, 0.3) is 0 Å². The van der Waals surface area contributed by atoms with Crippen molar-refractivity contribution < 1.29 is 4.74 Å². The molecule has 0 aromatic heterocycles. The van der Waals surface area contributed by atoms with Crippen LogP contribution in [0.2, 0.25) is 0 Å². The van der Waals surface area contributed by atoms with Gasteiger partial charge in [0.2, 0.25) is 0 Å². The number of ether oxygens (including phenoxy) is 1. The fourth-order valence-corrected chi connectivity index (χ4v) is 2.32. The third kappa shape index (κ3) is 21.5. The first-order chi connectivity index (χ1) is 9.13. The molecule has 0 bridgehead atoms. The van der Waals surface area contributed by atoms with Crippen LogP contribution in [0.1, 0.15) is 91.9 Å². The summed E-state index contributed by atoms with van der Waals surface area (Å²) in [6.45, 7) is 11.2. The van der Waals surface area contributed by atoms with Gasteiger partial charge in [-0.05, 0) is 24.7 Å². The second-order valence-electron chi connectivity index (χ2n) is 6.81. The quantitative estimate of drug-likeness (QED) is 0.312. The molecule has 1 nitrogen and oxygen atoms in total. The molecular formula is C18H40CaO. The van der Waals surface area contributed by atoms with Crippen LogP contribution >= 0.6 is 0 Å². The number of rotatable bonds is 14. The van der Waals surface area contributed by atoms with Crippen LogP contribution in [-0.2, 0) is 4.74 Å². The molecular weight excluding hydrogens is 272 g/mol. The van der Waals surface area contributed by atoms with Crippen molar-refractivity contribution >= 4 is 37.7 Å². The van der Waals surface area contributed by atoms with E-state index in [1.54, 1.807) is 0 Å². The van der Waals surface area contributed by atoms with Crippen LogP contribution in [0.15, 0.2) is 0 Å². The van der Waals surface area contributed by atoms with Gasteiger partial charge in [-0.1, -0.05) is 79.1 Å². The molecule has 0 aliphatic heterocycles. The molecule has 0 aromatic carbocycles. The maximum absolute atomic E-state index is 5.69. The van der Waals surface area contributed by atoms with Crippen LogP contribution < -0.4 is 0 Å². The van der Waals surface area contributed by atoms with Crippen LogP contribution in [0.3, 0.4) is 0 Å². The molecule has 0 aliphatic carbocycles. The summed E-state index contributed by atoms with van der Waals surface area (Å²) in [5.41, 5.74) is 0. The zero-order valence-electron chi connectivity index (χ0n) is 14.0. The fourth-order valence-electron chi connectivity index (χ4n) is 2.32. The van der Waals surface area contributed by atoms with Crippen molar-refractivity contribution in [3.8, 4) is 0 Å². The summed E-state index contributed by atoms with van der Waals surface area (Å²) in [6.07, 6.45) is 13.5. The van der Waals surface area contributed by atoms with Crippen molar-refractivity contribution in [1.82, 2.24) is 0 Å². The topological polar surface area (TPSA) is 9.23 Å². The summed E-state index contributed by atoms with van der Waals surface area (Å²) < 4.78 is 5.69. The summed E-state index contributed by atoms with van der Waals surface area (Å²) in [5, 5.41) is 0. The molecule has 120 valence electrons. The van der Waals surface area contributed by atoms with Crippen molar-refractivity contribution in [2.45, 2.75) is 91.9 Å². The molecule has 0 N–H and O–H groups in total.